The number of Topliss-reactive ketones (excluding diaryl/α,β-unsaturated/α-hetero) is 1. The highest BCUT2D eigenvalue weighted by Crippen LogP contribution is 2.40. The van der Waals surface area contributed by atoms with Crippen molar-refractivity contribution in [1.82, 2.24) is 4.90 Å². The van der Waals surface area contributed by atoms with Crippen molar-refractivity contribution in [3.8, 4) is 5.75 Å². The summed E-state index contributed by atoms with van der Waals surface area (Å²) >= 11 is 0. The summed E-state index contributed by atoms with van der Waals surface area (Å²) in [5.74, 6) is -0.519. The van der Waals surface area contributed by atoms with Crippen LogP contribution in [-0.2, 0) is 14.3 Å². The van der Waals surface area contributed by atoms with Crippen molar-refractivity contribution in [3.63, 3.8) is 0 Å². The number of carbonyl (C=O) groups excluding carboxylic acids is 2. The molecule has 32 heavy (non-hydrogen) atoms. The minimum absolute atomic E-state index is 0.0974. The Morgan fingerprint density at radius 3 is 2.62 bits per heavy atom. The number of ether oxygens (including phenoxy) is 2. The van der Waals surface area contributed by atoms with E-state index in [0.29, 0.717) is 37.0 Å². The first-order valence-corrected chi connectivity index (χ1v) is 11.1. The molecule has 168 valence electrons. The maximum absolute atomic E-state index is 13.1. The summed E-state index contributed by atoms with van der Waals surface area (Å²) in [7, 11) is 0. The van der Waals surface area contributed by atoms with Crippen LogP contribution >= 0.6 is 0 Å². The number of carbonyl (C=O) groups is 2. The van der Waals surface area contributed by atoms with Crippen LogP contribution in [0, 0.1) is 5.92 Å². The fourth-order valence-corrected chi connectivity index (χ4v) is 4.21. The largest absolute Gasteiger partial charge is 0.507 e. The third kappa shape index (κ3) is 4.55. The van der Waals surface area contributed by atoms with Crippen LogP contribution in [0.15, 0.2) is 60.2 Å². The molecule has 2 heterocycles. The second kappa shape index (κ2) is 9.57. The summed E-state index contributed by atoms with van der Waals surface area (Å²) in [6.45, 7) is 5.63. The SMILES string of the molecule is CC(C)COc1cccc(/C(O)=C2/C(=O)C(=O)N(CC3CCCO3)C2c2ccccc2)c1. The summed E-state index contributed by atoms with van der Waals surface area (Å²) in [5, 5.41) is 11.2. The molecular weight excluding hydrogens is 406 g/mol. The van der Waals surface area contributed by atoms with Crippen molar-refractivity contribution < 1.29 is 24.2 Å². The maximum Gasteiger partial charge on any atom is 0.295 e. The highest BCUT2D eigenvalue weighted by atomic mass is 16.5. The van der Waals surface area contributed by atoms with Crippen LogP contribution in [0.25, 0.3) is 5.76 Å². The quantitative estimate of drug-likeness (QED) is 0.398. The number of aliphatic hydroxyl groups excluding tert-OH is 1. The lowest BCUT2D eigenvalue weighted by Gasteiger charge is -2.27. The van der Waals surface area contributed by atoms with Gasteiger partial charge in [-0.25, -0.2) is 0 Å². The van der Waals surface area contributed by atoms with E-state index in [-0.39, 0.29) is 17.4 Å². The first-order valence-electron chi connectivity index (χ1n) is 11.1. The Morgan fingerprint density at radius 2 is 1.94 bits per heavy atom. The van der Waals surface area contributed by atoms with Gasteiger partial charge in [0.05, 0.1) is 24.3 Å². The molecule has 0 aliphatic carbocycles. The third-order valence-electron chi connectivity index (χ3n) is 5.77. The van der Waals surface area contributed by atoms with Crippen LogP contribution in [0.5, 0.6) is 5.75 Å². The molecule has 4 rings (SSSR count). The number of nitrogens with zero attached hydrogens (tertiary/aromatic N) is 1. The minimum Gasteiger partial charge on any atom is -0.507 e. The highest BCUT2D eigenvalue weighted by molar-refractivity contribution is 6.46. The van der Waals surface area contributed by atoms with E-state index in [4.69, 9.17) is 9.47 Å². The molecule has 2 aliphatic heterocycles. The minimum atomic E-state index is -0.678. The van der Waals surface area contributed by atoms with Crippen LogP contribution in [0.2, 0.25) is 0 Å². The molecule has 2 aromatic rings. The van der Waals surface area contributed by atoms with Gasteiger partial charge in [-0.1, -0.05) is 56.3 Å². The van der Waals surface area contributed by atoms with E-state index in [2.05, 4.69) is 13.8 Å². The normalized spacial score (nSPS) is 22.7. The molecular formula is C26H29NO5. The smallest absolute Gasteiger partial charge is 0.295 e. The number of hydrogen-bond acceptors (Lipinski definition) is 5. The predicted molar refractivity (Wildman–Crippen MR) is 121 cm³/mol. The Bertz CT molecular complexity index is 1010. The van der Waals surface area contributed by atoms with Crippen molar-refractivity contribution in [2.75, 3.05) is 19.8 Å². The Morgan fingerprint density at radius 1 is 1.16 bits per heavy atom. The molecule has 0 bridgehead atoms. The molecule has 6 heteroatoms. The van der Waals surface area contributed by atoms with Gasteiger partial charge in [-0.2, -0.15) is 0 Å². The molecule has 0 radical (unpaired) electrons. The van der Waals surface area contributed by atoms with E-state index in [1.165, 1.54) is 0 Å². The molecule has 6 nitrogen and oxygen atoms in total. The zero-order valence-corrected chi connectivity index (χ0v) is 18.5. The molecule has 2 aliphatic rings. The van der Waals surface area contributed by atoms with Crippen LogP contribution in [0.1, 0.15) is 43.9 Å². The van der Waals surface area contributed by atoms with E-state index < -0.39 is 17.7 Å². The van der Waals surface area contributed by atoms with E-state index in [1.807, 2.05) is 36.4 Å². The van der Waals surface area contributed by atoms with E-state index in [0.717, 1.165) is 18.4 Å². The summed E-state index contributed by atoms with van der Waals surface area (Å²) < 4.78 is 11.5. The van der Waals surface area contributed by atoms with Crippen LogP contribution in [0.4, 0.5) is 0 Å². The topological polar surface area (TPSA) is 76.1 Å². The number of likely N-dealkylation sites (tertiary alicyclic amines) is 1. The zero-order valence-electron chi connectivity index (χ0n) is 18.5. The first kappa shape index (κ1) is 22.1. The zero-order chi connectivity index (χ0) is 22.7. The van der Waals surface area contributed by atoms with Crippen LogP contribution in [-0.4, -0.2) is 47.6 Å². The Balaban J connectivity index is 1.74. The number of ketones is 1. The van der Waals surface area contributed by atoms with Gasteiger partial charge in [-0.15, -0.1) is 0 Å². The summed E-state index contributed by atoms with van der Waals surface area (Å²) in [4.78, 5) is 27.7. The number of rotatable bonds is 7. The standard InChI is InChI=1S/C26H29NO5/c1-17(2)16-32-20-11-6-10-19(14-20)24(28)22-23(18-8-4-3-5-9-18)27(26(30)25(22)29)15-21-12-7-13-31-21/h3-6,8-11,14,17,21,23,28H,7,12-13,15-16H2,1-2H3/b24-22-. The fraction of sp³-hybridized carbons (Fsp3) is 0.385. The monoisotopic (exact) mass is 435 g/mol. The number of aliphatic hydroxyl groups is 1. The Kier molecular flexibility index (Phi) is 6.61. The van der Waals surface area contributed by atoms with Crippen molar-refractivity contribution in [3.05, 3.63) is 71.3 Å². The number of amides is 1. The van der Waals surface area contributed by atoms with E-state index in [9.17, 15) is 14.7 Å². The van der Waals surface area contributed by atoms with Crippen molar-refractivity contribution in [2.24, 2.45) is 5.92 Å². The van der Waals surface area contributed by atoms with Gasteiger partial charge in [0, 0.05) is 18.7 Å². The second-order valence-corrected chi connectivity index (χ2v) is 8.73. The average Bonchev–Trinajstić information content (AvgIpc) is 3.40. The fourth-order valence-electron chi connectivity index (χ4n) is 4.21. The third-order valence-corrected chi connectivity index (χ3v) is 5.77. The van der Waals surface area contributed by atoms with Gasteiger partial charge in [0.25, 0.3) is 11.7 Å². The molecule has 2 fully saturated rings. The Hall–Kier alpha value is -3.12. The van der Waals surface area contributed by atoms with Gasteiger partial charge in [0.1, 0.15) is 11.5 Å². The van der Waals surface area contributed by atoms with E-state index in [1.54, 1.807) is 23.1 Å². The van der Waals surface area contributed by atoms with E-state index >= 15 is 0 Å². The molecule has 1 amide bonds. The van der Waals surface area contributed by atoms with Gasteiger partial charge in [0.2, 0.25) is 0 Å². The number of benzene rings is 2. The molecule has 0 saturated carbocycles. The van der Waals surface area contributed by atoms with Crippen LogP contribution < -0.4 is 4.74 Å². The average molecular weight is 436 g/mol. The van der Waals surface area contributed by atoms with Crippen molar-refractivity contribution in [2.45, 2.75) is 38.8 Å². The van der Waals surface area contributed by atoms with Crippen molar-refractivity contribution in [1.29, 1.82) is 0 Å². The van der Waals surface area contributed by atoms with Crippen molar-refractivity contribution >= 4 is 17.4 Å². The van der Waals surface area contributed by atoms with Crippen LogP contribution in [0.3, 0.4) is 0 Å². The van der Waals surface area contributed by atoms with Gasteiger partial charge < -0.3 is 19.5 Å². The maximum atomic E-state index is 13.1. The first-order chi connectivity index (χ1) is 15.5. The van der Waals surface area contributed by atoms with Gasteiger partial charge in [0.15, 0.2) is 0 Å². The number of hydrogen-bond donors (Lipinski definition) is 1. The predicted octanol–water partition coefficient (Wildman–Crippen LogP) is 4.32. The van der Waals surface area contributed by atoms with Gasteiger partial charge in [-0.3, -0.25) is 9.59 Å². The summed E-state index contributed by atoms with van der Waals surface area (Å²) in [6.07, 6.45) is 1.68. The summed E-state index contributed by atoms with van der Waals surface area (Å²) in [6, 6.07) is 15.7. The lowest BCUT2D eigenvalue weighted by molar-refractivity contribution is -0.140. The second-order valence-electron chi connectivity index (χ2n) is 8.73. The summed E-state index contributed by atoms with van der Waals surface area (Å²) in [5.41, 5.74) is 1.32. The molecule has 0 spiro atoms. The lowest BCUT2D eigenvalue weighted by atomic mass is 9.95. The Labute approximate surface area is 188 Å². The van der Waals surface area contributed by atoms with Gasteiger partial charge in [-0.05, 0) is 36.5 Å². The lowest BCUT2D eigenvalue weighted by Crippen LogP contribution is -2.36. The molecule has 1 N–H and O–H groups in total. The highest BCUT2D eigenvalue weighted by Gasteiger charge is 2.47. The molecule has 2 atom stereocenters. The molecule has 0 aromatic heterocycles. The molecule has 2 saturated heterocycles. The van der Waals surface area contributed by atoms with Gasteiger partial charge >= 0.3 is 0 Å². The molecule has 2 unspecified atom stereocenters. The molecule has 2 aromatic carbocycles.